The van der Waals surface area contributed by atoms with Crippen LogP contribution in [0.4, 0.5) is 20.5 Å². The predicted molar refractivity (Wildman–Crippen MR) is 155 cm³/mol. The molecule has 0 aromatic carbocycles. The summed E-state index contributed by atoms with van der Waals surface area (Å²) in [5.41, 5.74) is 9.22. The van der Waals surface area contributed by atoms with Crippen molar-refractivity contribution in [1.82, 2.24) is 39.0 Å². The molecule has 7 N–H and O–H groups in total. The van der Waals surface area contributed by atoms with Gasteiger partial charge in [-0.05, 0) is 16.4 Å². The Hall–Kier alpha value is -2.78. The number of nitrogens with one attached hydrogen (secondary N) is 1. The maximum atomic E-state index is 15.8. The lowest BCUT2D eigenvalue weighted by Crippen LogP contribution is -2.34. The number of H-pyrrole nitrogens is 1. The smallest absolute Gasteiger partial charge is 0.394 e. The van der Waals surface area contributed by atoms with E-state index in [-0.39, 0.29) is 34.1 Å². The number of aromatic amines is 1. The quantitative estimate of drug-likeness (QED) is 0.101. The third kappa shape index (κ3) is 5.38. The summed E-state index contributed by atoms with van der Waals surface area (Å²) in [6.45, 7) is -5.73. The molecule has 2 saturated heterocycles. The average Bonchev–Trinajstić information content (AvgIpc) is 3.72. The molecule has 10 atom stereocenters. The summed E-state index contributed by atoms with van der Waals surface area (Å²) < 4.78 is 68.0. The van der Waals surface area contributed by atoms with Crippen LogP contribution in [0.15, 0.2) is 23.8 Å². The third-order valence-electron chi connectivity index (χ3n) is 7.13. The Kier molecular flexibility index (Phi) is 8.41. The van der Waals surface area contributed by atoms with Gasteiger partial charge in [0.2, 0.25) is 5.95 Å². The van der Waals surface area contributed by atoms with Crippen LogP contribution in [0.25, 0.3) is 22.3 Å². The van der Waals surface area contributed by atoms with E-state index in [1.807, 2.05) is 0 Å². The second-order valence-corrected chi connectivity index (χ2v) is 14.9. The van der Waals surface area contributed by atoms with Gasteiger partial charge in [0.1, 0.15) is 48.1 Å². The van der Waals surface area contributed by atoms with Crippen LogP contribution in [-0.2, 0) is 34.9 Å². The molecule has 0 radical (unpaired) electrons. The maximum Gasteiger partial charge on any atom is 0.582 e. The second-order valence-electron chi connectivity index (χ2n) is 9.72. The summed E-state index contributed by atoms with van der Waals surface area (Å²) in [6, 6.07) is 0. The molecule has 0 saturated carbocycles. The van der Waals surface area contributed by atoms with Gasteiger partial charge in [0.15, 0.2) is 53.9 Å². The molecule has 6 heterocycles. The second kappa shape index (κ2) is 11.9. The first kappa shape index (κ1) is 31.2. The van der Waals surface area contributed by atoms with Gasteiger partial charge in [-0.2, -0.15) is 4.98 Å². The molecule has 6 rings (SSSR count). The molecular formula is C20H23F2N10O8P2S2+. The number of halogens is 2. The zero-order valence-electron chi connectivity index (χ0n) is 21.9. The van der Waals surface area contributed by atoms with Gasteiger partial charge in [-0.25, -0.2) is 28.7 Å². The number of rotatable bonds is 9. The number of aliphatic hydroxyl groups excluding tert-OH is 1. The van der Waals surface area contributed by atoms with E-state index >= 15 is 8.78 Å². The number of nitrogens with zero attached hydrogens (tertiary/aromatic N) is 7. The molecule has 2 fully saturated rings. The van der Waals surface area contributed by atoms with Crippen LogP contribution >= 0.6 is 26.0 Å². The van der Waals surface area contributed by atoms with E-state index in [1.165, 1.54) is 10.9 Å². The number of aromatic nitrogens is 8. The van der Waals surface area contributed by atoms with Crippen molar-refractivity contribution in [2.45, 2.75) is 48.8 Å². The molecule has 0 amide bonds. The van der Waals surface area contributed by atoms with Crippen molar-refractivity contribution in [2.75, 3.05) is 24.7 Å². The fourth-order valence-corrected chi connectivity index (χ4v) is 8.41. The van der Waals surface area contributed by atoms with Crippen LogP contribution in [0, 0.1) is 0 Å². The molecule has 0 bridgehead atoms. The highest BCUT2D eigenvalue weighted by molar-refractivity contribution is 8.39. The first-order valence-electron chi connectivity index (χ1n) is 12.6. The van der Waals surface area contributed by atoms with E-state index in [2.05, 4.69) is 42.2 Å². The van der Waals surface area contributed by atoms with E-state index in [1.54, 1.807) is 0 Å². The zero-order valence-corrected chi connectivity index (χ0v) is 25.4. The highest BCUT2D eigenvalue weighted by Gasteiger charge is 2.56. The number of aliphatic hydroxyl groups is 1. The molecule has 236 valence electrons. The van der Waals surface area contributed by atoms with Crippen molar-refractivity contribution < 1.29 is 41.9 Å². The monoisotopic (exact) mass is 695 g/mol. The largest absolute Gasteiger partial charge is 0.582 e. The highest BCUT2D eigenvalue weighted by Crippen LogP contribution is 2.59. The Labute approximate surface area is 255 Å². The number of hydrogen-bond acceptors (Lipinski definition) is 15. The number of imidazole rings is 2. The van der Waals surface area contributed by atoms with Crippen LogP contribution < -0.4 is 17.0 Å². The van der Waals surface area contributed by atoms with Gasteiger partial charge in [0.25, 0.3) is 5.56 Å². The summed E-state index contributed by atoms with van der Waals surface area (Å²) in [6.07, 6.45) is -7.81. The summed E-state index contributed by atoms with van der Waals surface area (Å²) in [4.78, 5) is 45.9. The molecule has 2 aliphatic heterocycles. The standard InChI is InChI=1S/C20H22F2N10O8P2S2/c21-8-6(1-33)38-19(32-5-28-11-16(32)29-20(24)30-17(11)34)13(8)42(36,44)37-2-7-12(40-41(35)43)9(22)18(39-7)31-4-27-10-14(23)25-3-26-15(10)31/h3-9,12-13,18-19,33H,1-2H2,(H6-,23,24,25,26,29,30,34,35,36,43,44)/p+1/t6-,7-,8+,9+,12-,13-,18-,19-,42?/m1/s1. The Morgan fingerprint density at radius 1 is 1.09 bits per heavy atom. The number of nitrogen functional groups attached to an aromatic ring is 2. The van der Waals surface area contributed by atoms with Gasteiger partial charge in [-0.15, -0.1) is 4.52 Å². The predicted octanol–water partition coefficient (Wildman–Crippen LogP) is 0.247. The SMILES string of the molecule is Nc1nc2c(ncn2[C@@H]2O[C@H](CO)[C@H](F)[C@H]2P(O)(=S)OC[C@H]2O[C@@H](n3cnc4c(N)ncnc43)[C@@H](F)[C@@H]2O[P+](=O)S)c(=O)[nH]1. The molecule has 2 aliphatic rings. The molecular weight excluding hydrogens is 672 g/mol. The summed E-state index contributed by atoms with van der Waals surface area (Å²) in [5.74, 6) is -0.228. The summed E-state index contributed by atoms with van der Waals surface area (Å²) in [5, 5.41) is 9.74. The number of thiol groups is 1. The first-order chi connectivity index (χ1) is 20.9. The first-order valence-corrected chi connectivity index (χ1v) is 17.6. The van der Waals surface area contributed by atoms with Crippen LogP contribution in [0.1, 0.15) is 12.5 Å². The van der Waals surface area contributed by atoms with Gasteiger partial charge in [-0.3, -0.25) is 18.9 Å². The minimum absolute atomic E-state index is 0.0395. The minimum atomic E-state index is -4.28. The number of fused-ring (bicyclic) bond motifs is 2. The Balaban J connectivity index is 1.29. The summed E-state index contributed by atoms with van der Waals surface area (Å²) >= 11 is 9.09. The average molecular weight is 696 g/mol. The van der Waals surface area contributed by atoms with Crippen molar-refractivity contribution in [3.63, 3.8) is 0 Å². The lowest BCUT2D eigenvalue weighted by Gasteiger charge is -2.29. The topological polar surface area (TPSA) is 254 Å². The molecule has 4 aromatic heterocycles. The zero-order chi connectivity index (χ0) is 31.5. The third-order valence-corrected chi connectivity index (χ3v) is 10.7. The Bertz CT molecular complexity index is 1850. The van der Waals surface area contributed by atoms with Crippen molar-refractivity contribution in [3.8, 4) is 0 Å². The maximum absolute atomic E-state index is 15.8. The molecule has 0 spiro atoms. The summed E-state index contributed by atoms with van der Waals surface area (Å²) in [7, 11) is -2.64. The van der Waals surface area contributed by atoms with E-state index in [0.29, 0.717) is 0 Å². The van der Waals surface area contributed by atoms with Crippen LogP contribution in [0.5, 0.6) is 0 Å². The Morgan fingerprint density at radius 2 is 1.77 bits per heavy atom. The van der Waals surface area contributed by atoms with Gasteiger partial charge in [0, 0.05) is 0 Å². The highest BCUT2D eigenvalue weighted by atomic mass is 32.7. The fraction of sp³-hybridized carbons (Fsp3) is 0.500. The Morgan fingerprint density at radius 3 is 2.48 bits per heavy atom. The number of ether oxygens (including phenoxy) is 2. The van der Waals surface area contributed by atoms with Crippen molar-refractivity contribution in [3.05, 3.63) is 29.3 Å². The number of hydrogen-bond donors (Lipinski definition) is 6. The van der Waals surface area contributed by atoms with E-state index < -0.39 is 81.3 Å². The molecule has 24 heteroatoms. The molecule has 0 aliphatic carbocycles. The molecule has 2 unspecified atom stereocenters. The van der Waals surface area contributed by atoms with Gasteiger partial charge < -0.3 is 35.5 Å². The van der Waals surface area contributed by atoms with Crippen LogP contribution in [-0.4, -0.2) is 98.6 Å². The number of nitrogens with two attached hydrogens (primary N) is 2. The number of alkyl halides is 2. The van der Waals surface area contributed by atoms with Gasteiger partial charge >= 0.3 is 7.23 Å². The van der Waals surface area contributed by atoms with Crippen LogP contribution in [0.2, 0.25) is 0 Å². The molecule has 44 heavy (non-hydrogen) atoms. The van der Waals surface area contributed by atoms with Crippen molar-refractivity contribution in [2.24, 2.45) is 0 Å². The van der Waals surface area contributed by atoms with Crippen molar-refractivity contribution in [1.29, 1.82) is 0 Å². The van der Waals surface area contributed by atoms with Crippen LogP contribution in [0.3, 0.4) is 0 Å². The van der Waals surface area contributed by atoms with E-state index in [9.17, 15) is 19.4 Å². The van der Waals surface area contributed by atoms with Crippen molar-refractivity contribution >= 4 is 71.9 Å². The van der Waals surface area contributed by atoms with E-state index in [4.69, 9.17) is 41.8 Å². The normalized spacial score (nSPS) is 30.7. The lowest BCUT2D eigenvalue weighted by molar-refractivity contribution is -0.0398. The van der Waals surface area contributed by atoms with Gasteiger partial charge in [-0.1, -0.05) is 0 Å². The lowest BCUT2D eigenvalue weighted by atomic mass is 10.1. The van der Waals surface area contributed by atoms with Gasteiger partial charge in [0.05, 0.1) is 25.9 Å². The fourth-order valence-electron chi connectivity index (χ4n) is 5.16. The minimum Gasteiger partial charge on any atom is -0.394 e. The molecule has 18 nitrogen and oxygen atoms in total. The number of anilines is 2. The molecule has 4 aromatic rings. The van der Waals surface area contributed by atoms with E-state index in [0.717, 1.165) is 17.2 Å².